The second-order valence-corrected chi connectivity index (χ2v) is 9.94. The second kappa shape index (κ2) is 11.0. The number of carbonyl (C=O) groups excluding carboxylic acids is 2. The quantitative estimate of drug-likeness (QED) is 0.280. The first-order valence-electron chi connectivity index (χ1n) is 11.2. The van der Waals surface area contributed by atoms with Crippen LogP contribution in [0.4, 0.5) is 0 Å². The number of amides is 1. The number of rotatable bonds is 9. The van der Waals surface area contributed by atoms with E-state index in [1.807, 2.05) is 52.8 Å². The molecule has 0 aliphatic rings. The molecule has 0 bridgehead atoms. The van der Waals surface area contributed by atoms with Gasteiger partial charge >= 0.3 is 0 Å². The molecule has 2 aromatic carbocycles. The summed E-state index contributed by atoms with van der Waals surface area (Å²) >= 11 is 1.23. The highest BCUT2D eigenvalue weighted by Crippen LogP contribution is 2.26. The van der Waals surface area contributed by atoms with Gasteiger partial charge in [-0.15, -0.1) is 0 Å². The predicted octanol–water partition coefficient (Wildman–Crippen LogP) is 4.16. The largest absolute Gasteiger partial charge is 0.383 e. The second-order valence-electron chi connectivity index (χ2n) is 8.63. The molecule has 1 N–H and O–H groups in total. The van der Waals surface area contributed by atoms with Crippen molar-refractivity contribution in [2.45, 2.75) is 57.6 Å². The average molecular weight is 482 g/mol. The highest BCUT2D eigenvalue weighted by Gasteiger charge is 2.21. The van der Waals surface area contributed by atoms with Crippen molar-refractivity contribution in [3.05, 3.63) is 69.0 Å². The number of nitrogens with one attached hydrogen (secondary N) is 1. The number of hydrogen-bond acceptors (Lipinski definition) is 6. The first kappa shape index (κ1) is 25.6. The molecule has 0 saturated carbocycles. The summed E-state index contributed by atoms with van der Waals surface area (Å²) < 4.78 is 6.72. The SMILES string of the molecule is COCCn1c(SC(C)C(=O)c2ccc(C)c(C)c2)nc2cc(C(=O)NC(C)C)ccc2c1=O. The molecule has 0 saturated heterocycles. The fourth-order valence-electron chi connectivity index (χ4n) is 3.50. The minimum atomic E-state index is -0.465. The van der Waals surface area contributed by atoms with Crippen LogP contribution in [0.5, 0.6) is 0 Å². The molecular weight excluding hydrogens is 450 g/mol. The van der Waals surface area contributed by atoms with Crippen molar-refractivity contribution < 1.29 is 14.3 Å². The van der Waals surface area contributed by atoms with Gasteiger partial charge in [-0.3, -0.25) is 19.0 Å². The van der Waals surface area contributed by atoms with Crippen LogP contribution < -0.4 is 10.9 Å². The Kier molecular flexibility index (Phi) is 8.28. The van der Waals surface area contributed by atoms with E-state index in [0.717, 1.165) is 11.1 Å². The molecular formula is C26H31N3O4S. The summed E-state index contributed by atoms with van der Waals surface area (Å²) in [6, 6.07) is 10.5. The van der Waals surface area contributed by atoms with Crippen molar-refractivity contribution >= 4 is 34.4 Å². The Balaban J connectivity index is 2.01. The molecule has 0 radical (unpaired) electrons. The molecule has 0 fully saturated rings. The molecule has 3 aromatic rings. The average Bonchev–Trinajstić information content (AvgIpc) is 2.79. The number of ketones is 1. The number of benzene rings is 2. The van der Waals surface area contributed by atoms with Crippen LogP contribution in [0, 0.1) is 13.8 Å². The van der Waals surface area contributed by atoms with Crippen LogP contribution in [-0.4, -0.2) is 46.2 Å². The van der Waals surface area contributed by atoms with E-state index >= 15 is 0 Å². The summed E-state index contributed by atoms with van der Waals surface area (Å²) in [5, 5.41) is 3.21. The van der Waals surface area contributed by atoms with E-state index in [1.165, 1.54) is 16.3 Å². The van der Waals surface area contributed by atoms with Crippen molar-refractivity contribution in [2.24, 2.45) is 0 Å². The first-order chi connectivity index (χ1) is 16.1. The summed E-state index contributed by atoms with van der Waals surface area (Å²) in [5.41, 5.74) is 3.42. The Morgan fingerprint density at radius 2 is 1.76 bits per heavy atom. The van der Waals surface area contributed by atoms with E-state index in [4.69, 9.17) is 9.72 Å². The fourth-order valence-corrected chi connectivity index (χ4v) is 4.51. The molecule has 1 unspecified atom stereocenters. The Morgan fingerprint density at radius 1 is 1.06 bits per heavy atom. The molecule has 180 valence electrons. The van der Waals surface area contributed by atoms with E-state index in [0.29, 0.717) is 40.3 Å². The summed E-state index contributed by atoms with van der Waals surface area (Å²) in [7, 11) is 1.57. The third-order valence-corrected chi connectivity index (χ3v) is 6.65. The highest BCUT2D eigenvalue weighted by molar-refractivity contribution is 8.00. The molecule has 3 rings (SSSR count). The van der Waals surface area contributed by atoms with Crippen molar-refractivity contribution in [1.82, 2.24) is 14.9 Å². The van der Waals surface area contributed by atoms with Crippen LogP contribution in [0.1, 0.15) is 52.6 Å². The molecule has 34 heavy (non-hydrogen) atoms. The number of fused-ring (bicyclic) bond motifs is 1. The normalized spacial score (nSPS) is 12.2. The number of hydrogen-bond donors (Lipinski definition) is 1. The number of nitrogens with zero attached hydrogens (tertiary/aromatic N) is 2. The molecule has 1 heterocycles. The van der Waals surface area contributed by atoms with Gasteiger partial charge in [0.25, 0.3) is 11.5 Å². The summed E-state index contributed by atoms with van der Waals surface area (Å²) in [5.74, 6) is -0.263. The molecule has 7 nitrogen and oxygen atoms in total. The van der Waals surface area contributed by atoms with E-state index < -0.39 is 5.25 Å². The number of ether oxygens (including phenoxy) is 1. The van der Waals surface area contributed by atoms with Gasteiger partial charge in [0.15, 0.2) is 10.9 Å². The maximum atomic E-state index is 13.3. The van der Waals surface area contributed by atoms with Gasteiger partial charge in [0.1, 0.15) is 0 Å². The van der Waals surface area contributed by atoms with Crippen LogP contribution in [-0.2, 0) is 11.3 Å². The van der Waals surface area contributed by atoms with Crippen LogP contribution in [0.25, 0.3) is 10.9 Å². The van der Waals surface area contributed by atoms with Crippen LogP contribution in [0.2, 0.25) is 0 Å². The van der Waals surface area contributed by atoms with Crippen molar-refractivity contribution in [3.8, 4) is 0 Å². The van der Waals surface area contributed by atoms with Gasteiger partial charge in [0.2, 0.25) is 0 Å². The molecule has 1 atom stereocenters. The number of methoxy groups -OCH3 is 1. The minimum absolute atomic E-state index is 0.0124. The van der Waals surface area contributed by atoms with Crippen LogP contribution in [0.3, 0.4) is 0 Å². The van der Waals surface area contributed by atoms with Crippen molar-refractivity contribution in [3.63, 3.8) is 0 Å². The molecule has 0 aliphatic carbocycles. The maximum absolute atomic E-state index is 13.3. The zero-order valence-corrected chi connectivity index (χ0v) is 21.3. The van der Waals surface area contributed by atoms with Gasteiger partial charge in [-0.25, -0.2) is 4.98 Å². The number of aromatic nitrogens is 2. The minimum Gasteiger partial charge on any atom is -0.383 e. The zero-order chi connectivity index (χ0) is 25.0. The van der Waals surface area contributed by atoms with E-state index in [-0.39, 0.29) is 23.3 Å². The van der Waals surface area contributed by atoms with Gasteiger partial charge in [-0.05, 0) is 70.0 Å². The number of Topliss-reactive ketones (excluding diaryl/α,β-unsaturated/α-hetero) is 1. The first-order valence-corrected chi connectivity index (χ1v) is 12.1. The number of carbonyl (C=O) groups is 2. The summed E-state index contributed by atoms with van der Waals surface area (Å²) in [4.78, 5) is 43.6. The van der Waals surface area contributed by atoms with Gasteiger partial charge in [0, 0.05) is 24.3 Å². The fraction of sp³-hybridized carbons (Fsp3) is 0.385. The van der Waals surface area contributed by atoms with E-state index in [1.54, 1.807) is 25.3 Å². The smallest absolute Gasteiger partial charge is 0.262 e. The summed E-state index contributed by atoms with van der Waals surface area (Å²) in [6.45, 7) is 10.2. The van der Waals surface area contributed by atoms with Gasteiger partial charge < -0.3 is 10.1 Å². The Hall–Kier alpha value is -2.97. The topological polar surface area (TPSA) is 90.3 Å². The molecule has 1 aromatic heterocycles. The number of thioether (sulfide) groups is 1. The lowest BCUT2D eigenvalue weighted by molar-refractivity contribution is 0.0942. The van der Waals surface area contributed by atoms with Crippen molar-refractivity contribution in [2.75, 3.05) is 13.7 Å². The van der Waals surface area contributed by atoms with Crippen LogP contribution in [0.15, 0.2) is 46.3 Å². The number of aryl methyl sites for hydroxylation is 2. The van der Waals surface area contributed by atoms with Crippen LogP contribution >= 0.6 is 11.8 Å². The van der Waals surface area contributed by atoms with E-state index in [2.05, 4.69) is 5.32 Å². The predicted molar refractivity (Wildman–Crippen MR) is 136 cm³/mol. The molecule has 0 spiro atoms. The Labute approximate surface area is 203 Å². The molecule has 0 aliphatic heterocycles. The zero-order valence-electron chi connectivity index (χ0n) is 20.5. The van der Waals surface area contributed by atoms with Crippen molar-refractivity contribution in [1.29, 1.82) is 0 Å². The third-order valence-electron chi connectivity index (χ3n) is 5.56. The standard InChI is InChI=1S/C26H31N3O4S/c1-15(2)27-24(31)20-9-10-21-22(14-20)28-26(29(25(21)32)11-12-33-6)34-18(5)23(30)19-8-7-16(3)17(4)13-19/h7-10,13-15,18H,11-12H2,1-6H3,(H,27,31). The Morgan fingerprint density at radius 3 is 2.41 bits per heavy atom. The lowest BCUT2D eigenvalue weighted by Crippen LogP contribution is -2.30. The van der Waals surface area contributed by atoms with Gasteiger partial charge in [-0.2, -0.15) is 0 Å². The summed E-state index contributed by atoms with van der Waals surface area (Å²) in [6.07, 6.45) is 0. The molecule has 1 amide bonds. The monoisotopic (exact) mass is 481 g/mol. The maximum Gasteiger partial charge on any atom is 0.262 e. The lowest BCUT2D eigenvalue weighted by atomic mass is 10.0. The Bertz CT molecular complexity index is 1280. The van der Waals surface area contributed by atoms with Gasteiger partial charge in [-0.1, -0.05) is 23.9 Å². The van der Waals surface area contributed by atoms with E-state index in [9.17, 15) is 14.4 Å². The third kappa shape index (κ3) is 5.74. The molecule has 8 heteroatoms. The van der Waals surface area contributed by atoms with Gasteiger partial charge in [0.05, 0.1) is 29.3 Å². The highest BCUT2D eigenvalue weighted by atomic mass is 32.2. The lowest BCUT2D eigenvalue weighted by Gasteiger charge is -2.16.